The van der Waals surface area contributed by atoms with E-state index in [2.05, 4.69) is 5.32 Å². The molecule has 3 rings (SSSR count). The molecule has 1 aromatic heterocycles. The monoisotopic (exact) mass is 401 g/mol. The zero-order chi connectivity index (χ0) is 20.3. The summed E-state index contributed by atoms with van der Waals surface area (Å²) in [6, 6.07) is 7.82. The summed E-state index contributed by atoms with van der Waals surface area (Å²) in [5, 5.41) is 3.11. The van der Waals surface area contributed by atoms with Gasteiger partial charge in [0.25, 0.3) is 5.91 Å². The fraction of sp³-hybridized carbons (Fsp3) is 0.381. The van der Waals surface area contributed by atoms with Crippen LogP contribution >= 0.6 is 11.3 Å². The molecule has 1 N–H and O–H groups in total. The van der Waals surface area contributed by atoms with Gasteiger partial charge in [-0.2, -0.15) is 0 Å². The summed E-state index contributed by atoms with van der Waals surface area (Å²) in [6.07, 6.45) is 1.63. The predicted octanol–water partition coefficient (Wildman–Crippen LogP) is 4.10. The summed E-state index contributed by atoms with van der Waals surface area (Å²) < 4.78 is 10.2. The maximum Gasteiger partial charge on any atom is 0.341 e. The van der Waals surface area contributed by atoms with Crippen LogP contribution in [-0.4, -0.2) is 31.1 Å². The van der Waals surface area contributed by atoms with E-state index in [0.717, 1.165) is 34.4 Å². The maximum atomic E-state index is 12.6. The summed E-state index contributed by atoms with van der Waals surface area (Å²) >= 11 is 1.30. The number of hydrogen-bond acceptors (Lipinski definition) is 6. The number of esters is 2. The quantitative estimate of drug-likeness (QED) is 0.707. The molecule has 0 saturated heterocycles. The van der Waals surface area contributed by atoms with Crippen molar-refractivity contribution in [3.8, 4) is 11.1 Å². The van der Waals surface area contributed by atoms with Gasteiger partial charge >= 0.3 is 11.9 Å². The fourth-order valence-electron chi connectivity index (χ4n) is 2.83. The van der Waals surface area contributed by atoms with Gasteiger partial charge < -0.3 is 14.8 Å². The molecular weight excluding hydrogens is 378 g/mol. The third-order valence-electron chi connectivity index (χ3n) is 4.41. The van der Waals surface area contributed by atoms with Crippen LogP contribution in [-0.2, 0) is 19.1 Å². The number of hydrogen-bond donors (Lipinski definition) is 1. The molecule has 0 aliphatic heterocycles. The minimum Gasteiger partial charge on any atom is -0.462 e. The minimum atomic E-state index is -0.493. The average molecular weight is 401 g/mol. The van der Waals surface area contributed by atoms with Gasteiger partial charge in [0, 0.05) is 10.4 Å². The lowest BCUT2D eigenvalue weighted by molar-refractivity contribution is -0.148. The molecule has 2 aromatic rings. The highest BCUT2D eigenvalue weighted by Crippen LogP contribution is 2.40. The maximum absolute atomic E-state index is 12.6. The lowest BCUT2D eigenvalue weighted by atomic mass is 10.0. The van der Waals surface area contributed by atoms with E-state index in [4.69, 9.17) is 9.47 Å². The van der Waals surface area contributed by atoms with E-state index in [1.165, 1.54) is 11.3 Å². The van der Waals surface area contributed by atoms with Gasteiger partial charge in [0.2, 0.25) is 0 Å². The van der Waals surface area contributed by atoms with Crippen LogP contribution in [0.3, 0.4) is 0 Å². The van der Waals surface area contributed by atoms with Gasteiger partial charge in [0.05, 0.1) is 12.5 Å². The van der Waals surface area contributed by atoms with E-state index in [0.29, 0.717) is 10.6 Å². The van der Waals surface area contributed by atoms with Crippen LogP contribution in [0.4, 0.5) is 5.00 Å². The van der Waals surface area contributed by atoms with Crippen LogP contribution in [0.5, 0.6) is 0 Å². The van der Waals surface area contributed by atoms with E-state index in [1.54, 1.807) is 6.92 Å². The van der Waals surface area contributed by atoms with E-state index in [9.17, 15) is 14.4 Å². The number of benzene rings is 1. The standard InChI is InChI=1S/C21H23NO5S/c1-4-26-21(25)18-17(14-7-5-12(2)6-8-14)13(3)28-19(18)22-16(23)11-27-20(24)15-9-10-15/h5-8,15H,4,9-11H2,1-3H3,(H,22,23). The SMILES string of the molecule is CCOC(=O)c1c(NC(=O)COC(=O)C2CC2)sc(C)c1-c1ccc(C)cc1. The van der Waals surface area contributed by atoms with E-state index < -0.39 is 11.9 Å². The normalized spacial score (nSPS) is 13.1. The van der Waals surface area contributed by atoms with Crippen LogP contribution in [0.2, 0.25) is 0 Å². The van der Waals surface area contributed by atoms with E-state index in [1.807, 2.05) is 38.1 Å². The molecule has 7 heteroatoms. The van der Waals surface area contributed by atoms with Gasteiger partial charge in [0.15, 0.2) is 6.61 Å². The first-order valence-electron chi connectivity index (χ1n) is 9.24. The molecule has 0 unspecified atom stereocenters. The van der Waals surface area contributed by atoms with Crippen molar-refractivity contribution in [2.75, 3.05) is 18.5 Å². The molecule has 1 amide bonds. The average Bonchev–Trinajstić information content (AvgIpc) is 3.45. The second-order valence-corrected chi connectivity index (χ2v) is 7.98. The molecule has 0 radical (unpaired) electrons. The number of aryl methyl sites for hydroxylation is 2. The Kier molecular flexibility index (Phi) is 6.14. The molecule has 28 heavy (non-hydrogen) atoms. The molecule has 1 saturated carbocycles. The molecule has 6 nitrogen and oxygen atoms in total. The Bertz CT molecular complexity index is 896. The molecule has 1 aromatic carbocycles. The zero-order valence-corrected chi connectivity index (χ0v) is 17.0. The van der Waals surface area contributed by atoms with Crippen molar-refractivity contribution >= 4 is 34.2 Å². The Hall–Kier alpha value is -2.67. The molecule has 1 heterocycles. The van der Waals surface area contributed by atoms with Crippen molar-refractivity contribution in [3.63, 3.8) is 0 Å². The first-order chi connectivity index (χ1) is 13.4. The van der Waals surface area contributed by atoms with Crippen molar-refractivity contribution in [3.05, 3.63) is 40.3 Å². The number of carbonyl (C=O) groups is 3. The summed E-state index contributed by atoms with van der Waals surface area (Å²) in [6.45, 7) is 5.48. The summed E-state index contributed by atoms with van der Waals surface area (Å²) in [5.74, 6) is -1.38. The zero-order valence-electron chi connectivity index (χ0n) is 16.2. The molecule has 0 spiro atoms. The topological polar surface area (TPSA) is 81.7 Å². The Labute approximate surface area is 167 Å². The molecule has 1 fully saturated rings. The number of nitrogens with one attached hydrogen (secondary N) is 1. The summed E-state index contributed by atoms with van der Waals surface area (Å²) in [5.41, 5.74) is 3.06. The fourth-order valence-corrected chi connectivity index (χ4v) is 3.92. The van der Waals surface area contributed by atoms with Crippen molar-refractivity contribution in [2.24, 2.45) is 5.92 Å². The molecule has 1 aliphatic rings. The van der Waals surface area contributed by atoms with Crippen molar-refractivity contribution < 1.29 is 23.9 Å². The van der Waals surface area contributed by atoms with Gasteiger partial charge in [-0.05, 0) is 39.2 Å². The van der Waals surface area contributed by atoms with Crippen molar-refractivity contribution in [2.45, 2.75) is 33.6 Å². The van der Waals surface area contributed by atoms with Gasteiger partial charge in [-0.3, -0.25) is 9.59 Å². The molecule has 0 atom stereocenters. The Morgan fingerprint density at radius 1 is 1.11 bits per heavy atom. The van der Waals surface area contributed by atoms with Crippen molar-refractivity contribution in [1.82, 2.24) is 0 Å². The summed E-state index contributed by atoms with van der Waals surface area (Å²) in [4.78, 5) is 37.4. The number of thiophene rings is 1. The third kappa shape index (κ3) is 4.59. The number of anilines is 1. The predicted molar refractivity (Wildman–Crippen MR) is 107 cm³/mol. The molecule has 1 aliphatic carbocycles. The molecule has 148 valence electrons. The molecule has 0 bridgehead atoms. The second-order valence-electron chi connectivity index (χ2n) is 6.75. The van der Waals surface area contributed by atoms with Crippen LogP contribution in [0.1, 0.15) is 40.6 Å². The Balaban J connectivity index is 1.86. The third-order valence-corrected chi connectivity index (χ3v) is 5.43. The highest BCUT2D eigenvalue weighted by Gasteiger charge is 2.32. The lowest BCUT2D eigenvalue weighted by Crippen LogP contribution is -2.22. The smallest absolute Gasteiger partial charge is 0.341 e. The molecular formula is C21H23NO5S. The number of rotatable bonds is 7. The largest absolute Gasteiger partial charge is 0.462 e. The number of carbonyl (C=O) groups excluding carboxylic acids is 3. The number of amides is 1. The van der Waals surface area contributed by atoms with E-state index in [-0.39, 0.29) is 25.1 Å². The minimum absolute atomic E-state index is 0.0694. The first kappa shape index (κ1) is 20.1. The van der Waals surface area contributed by atoms with Gasteiger partial charge in [-0.15, -0.1) is 11.3 Å². The van der Waals surface area contributed by atoms with Gasteiger partial charge in [-0.1, -0.05) is 29.8 Å². The van der Waals surface area contributed by atoms with Gasteiger partial charge in [-0.25, -0.2) is 4.79 Å². The van der Waals surface area contributed by atoms with E-state index >= 15 is 0 Å². The van der Waals surface area contributed by atoms with Crippen LogP contribution in [0.25, 0.3) is 11.1 Å². The Morgan fingerprint density at radius 2 is 1.79 bits per heavy atom. The Morgan fingerprint density at radius 3 is 2.39 bits per heavy atom. The van der Waals surface area contributed by atoms with Crippen LogP contribution in [0, 0.1) is 19.8 Å². The van der Waals surface area contributed by atoms with Crippen LogP contribution in [0.15, 0.2) is 24.3 Å². The highest BCUT2D eigenvalue weighted by molar-refractivity contribution is 7.17. The summed E-state index contributed by atoms with van der Waals surface area (Å²) in [7, 11) is 0. The highest BCUT2D eigenvalue weighted by atomic mass is 32.1. The number of ether oxygens (including phenoxy) is 2. The van der Waals surface area contributed by atoms with Crippen LogP contribution < -0.4 is 5.32 Å². The lowest BCUT2D eigenvalue weighted by Gasteiger charge is -2.09. The first-order valence-corrected chi connectivity index (χ1v) is 10.1. The van der Waals surface area contributed by atoms with Crippen molar-refractivity contribution in [1.29, 1.82) is 0 Å². The second kappa shape index (κ2) is 8.56. The van der Waals surface area contributed by atoms with Gasteiger partial charge in [0.1, 0.15) is 10.6 Å².